The first-order chi connectivity index (χ1) is 12.7. The SMILES string of the molecule is CCCCC[C@H]1C(=O)N2C=C(c3ccccc3)c3ccccc3N2C1=O. The molecule has 0 radical (unpaired) electrons. The van der Waals surface area contributed by atoms with Crippen molar-refractivity contribution < 1.29 is 9.59 Å². The highest BCUT2D eigenvalue weighted by Gasteiger charge is 2.47. The van der Waals surface area contributed by atoms with E-state index >= 15 is 0 Å². The number of nitrogens with zero attached hydrogens (tertiary/aromatic N) is 2. The maximum Gasteiger partial charge on any atom is 0.258 e. The van der Waals surface area contributed by atoms with E-state index in [2.05, 4.69) is 6.92 Å². The summed E-state index contributed by atoms with van der Waals surface area (Å²) in [4.78, 5) is 25.9. The van der Waals surface area contributed by atoms with Crippen molar-refractivity contribution in [2.75, 3.05) is 5.01 Å². The first-order valence-corrected chi connectivity index (χ1v) is 9.26. The van der Waals surface area contributed by atoms with Crippen LogP contribution in [0, 0.1) is 5.92 Å². The van der Waals surface area contributed by atoms with Crippen LogP contribution < -0.4 is 5.01 Å². The number of rotatable bonds is 5. The largest absolute Gasteiger partial charge is 0.272 e. The van der Waals surface area contributed by atoms with Gasteiger partial charge in [0.05, 0.1) is 5.69 Å². The number of carbonyl (C=O) groups is 2. The summed E-state index contributed by atoms with van der Waals surface area (Å²) in [6.45, 7) is 2.12. The van der Waals surface area contributed by atoms with Gasteiger partial charge >= 0.3 is 0 Å². The van der Waals surface area contributed by atoms with E-state index in [1.807, 2.05) is 60.8 Å². The summed E-state index contributed by atoms with van der Waals surface area (Å²) in [5.41, 5.74) is 3.76. The topological polar surface area (TPSA) is 40.6 Å². The fourth-order valence-corrected chi connectivity index (χ4v) is 3.74. The van der Waals surface area contributed by atoms with E-state index in [1.165, 1.54) is 5.01 Å². The molecule has 1 fully saturated rings. The lowest BCUT2D eigenvalue weighted by atomic mass is 9.96. The first kappa shape index (κ1) is 16.6. The maximum absolute atomic E-state index is 13.0. The smallest absolute Gasteiger partial charge is 0.258 e. The number of hydrogen-bond donors (Lipinski definition) is 0. The Hall–Kier alpha value is -2.88. The van der Waals surface area contributed by atoms with Crippen LogP contribution in [0.1, 0.15) is 43.7 Å². The number of hydrazine groups is 1. The van der Waals surface area contributed by atoms with E-state index in [0.29, 0.717) is 6.42 Å². The highest BCUT2D eigenvalue weighted by Crippen LogP contribution is 2.41. The Kier molecular flexibility index (Phi) is 4.33. The van der Waals surface area contributed by atoms with Crippen LogP contribution in [0.4, 0.5) is 5.69 Å². The number of amides is 2. The van der Waals surface area contributed by atoms with Crippen LogP contribution in [0.2, 0.25) is 0 Å². The third-order valence-electron chi connectivity index (χ3n) is 5.10. The molecule has 2 heterocycles. The second-order valence-corrected chi connectivity index (χ2v) is 6.81. The van der Waals surface area contributed by atoms with Crippen molar-refractivity contribution in [3.05, 3.63) is 71.9 Å². The van der Waals surface area contributed by atoms with Crippen molar-refractivity contribution >= 4 is 23.1 Å². The van der Waals surface area contributed by atoms with Crippen molar-refractivity contribution in [1.29, 1.82) is 0 Å². The van der Waals surface area contributed by atoms with Gasteiger partial charge in [0, 0.05) is 17.3 Å². The number of hydrogen-bond acceptors (Lipinski definition) is 2. The normalized spacial score (nSPS) is 18.7. The number of benzene rings is 2. The molecule has 2 aliphatic heterocycles. The molecule has 2 aliphatic rings. The highest BCUT2D eigenvalue weighted by atomic mass is 16.2. The number of carbonyl (C=O) groups excluding carboxylic acids is 2. The minimum absolute atomic E-state index is 0.109. The molecule has 0 saturated carbocycles. The van der Waals surface area contributed by atoms with E-state index in [0.717, 1.165) is 41.6 Å². The second kappa shape index (κ2) is 6.79. The molecule has 4 heteroatoms. The quantitative estimate of drug-likeness (QED) is 0.595. The van der Waals surface area contributed by atoms with Gasteiger partial charge in [0.2, 0.25) is 0 Å². The van der Waals surface area contributed by atoms with Gasteiger partial charge in [0.15, 0.2) is 0 Å². The Morgan fingerprint density at radius 1 is 0.885 bits per heavy atom. The van der Waals surface area contributed by atoms with Gasteiger partial charge in [0.25, 0.3) is 11.8 Å². The summed E-state index contributed by atoms with van der Waals surface area (Å²) in [6, 6.07) is 17.8. The van der Waals surface area contributed by atoms with Crippen LogP contribution in [0.15, 0.2) is 60.8 Å². The molecule has 2 aromatic carbocycles. The third-order valence-corrected chi connectivity index (χ3v) is 5.10. The highest BCUT2D eigenvalue weighted by molar-refractivity contribution is 6.17. The van der Waals surface area contributed by atoms with Crippen LogP contribution in [0.25, 0.3) is 5.57 Å². The molecule has 0 aromatic heterocycles. The van der Waals surface area contributed by atoms with Gasteiger partial charge in [-0.3, -0.25) is 9.59 Å². The molecule has 0 unspecified atom stereocenters. The Morgan fingerprint density at radius 3 is 2.38 bits per heavy atom. The van der Waals surface area contributed by atoms with Crippen molar-refractivity contribution in [3.63, 3.8) is 0 Å². The zero-order valence-electron chi connectivity index (χ0n) is 14.9. The molecule has 1 saturated heterocycles. The molecular formula is C22H22N2O2. The van der Waals surface area contributed by atoms with Crippen LogP contribution in [0.3, 0.4) is 0 Å². The molecule has 4 rings (SSSR count). The zero-order chi connectivity index (χ0) is 18.1. The molecule has 2 amide bonds. The first-order valence-electron chi connectivity index (χ1n) is 9.26. The number of fused-ring (bicyclic) bond motifs is 3. The molecule has 0 bridgehead atoms. The summed E-state index contributed by atoms with van der Waals surface area (Å²) < 4.78 is 0. The van der Waals surface area contributed by atoms with Gasteiger partial charge in [-0.05, 0) is 18.1 Å². The molecule has 2 aromatic rings. The lowest BCUT2D eigenvalue weighted by Gasteiger charge is -2.32. The second-order valence-electron chi connectivity index (χ2n) is 6.81. The van der Waals surface area contributed by atoms with Gasteiger partial charge in [0.1, 0.15) is 5.92 Å². The summed E-state index contributed by atoms with van der Waals surface area (Å²) in [6.07, 6.45) is 5.45. The summed E-state index contributed by atoms with van der Waals surface area (Å²) in [7, 11) is 0. The van der Waals surface area contributed by atoms with Crippen molar-refractivity contribution in [3.8, 4) is 0 Å². The minimum Gasteiger partial charge on any atom is -0.272 e. The van der Waals surface area contributed by atoms with Crippen LogP contribution >= 0.6 is 0 Å². The fraction of sp³-hybridized carbons (Fsp3) is 0.273. The molecule has 4 nitrogen and oxygen atoms in total. The van der Waals surface area contributed by atoms with Gasteiger partial charge in [-0.1, -0.05) is 74.7 Å². The zero-order valence-corrected chi connectivity index (χ0v) is 14.9. The van der Waals surface area contributed by atoms with Crippen molar-refractivity contribution in [2.24, 2.45) is 5.92 Å². The molecular weight excluding hydrogens is 324 g/mol. The van der Waals surface area contributed by atoms with E-state index in [4.69, 9.17) is 0 Å². The summed E-state index contributed by atoms with van der Waals surface area (Å²) in [5, 5.41) is 3.07. The summed E-state index contributed by atoms with van der Waals surface area (Å²) in [5.74, 6) is -0.795. The van der Waals surface area contributed by atoms with E-state index in [1.54, 1.807) is 5.01 Å². The van der Waals surface area contributed by atoms with Gasteiger partial charge in [-0.2, -0.15) is 0 Å². The number of para-hydroxylation sites is 1. The standard InChI is InChI=1S/C22H22N2O2/c1-2-3-5-13-18-21(25)23-15-19(16-10-6-4-7-11-16)17-12-8-9-14-20(17)24(23)22(18)26/h4,6-12,14-15,18H,2-3,5,13H2,1H3/t18-/m0/s1. The Morgan fingerprint density at radius 2 is 1.62 bits per heavy atom. The molecule has 26 heavy (non-hydrogen) atoms. The Bertz CT molecular complexity index is 873. The molecule has 1 atom stereocenters. The van der Waals surface area contributed by atoms with E-state index < -0.39 is 5.92 Å². The average molecular weight is 346 g/mol. The minimum atomic E-state index is -0.569. The maximum atomic E-state index is 13.0. The monoisotopic (exact) mass is 346 g/mol. The lowest BCUT2D eigenvalue weighted by molar-refractivity contribution is -0.131. The van der Waals surface area contributed by atoms with Crippen molar-refractivity contribution in [2.45, 2.75) is 32.6 Å². The fourth-order valence-electron chi connectivity index (χ4n) is 3.74. The molecule has 0 spiro atoms. The van der Waals surface area contributed by atoms with Gasteiger partial charge in [-0.25, -0.2) is 10.0 Å². The predicted molar refractivity (Wildman–Crippen MR) is 102 cm³/mol. The Labute approximate surface area is 153 Å². The van der Waals surface area contributed by atoms with Crippen LogP contribution in [0.5, 0.6) is 0 Å². The molecule has 0 N–H and O–H groups in total. The lowest BCUT2D eigenvalue weighted by Crippen LogP contribution is -2.40. The average Bonchev–Trinajstić information content (AvgIpc) is 2.93. The predicted octanol–water partition coefficient (Wildman–Crippen LogP) is 4.38. The van der Waals surface area contributed by atoms with E-state index in [-0.39, 0.29) is 11.8 Å². The van der Waals surface area contributed by atoms with Crippen molar-refractivity contribution in [1.82, 2.24) is 5.01 Å². The molecule has 0 aliphatic carbocycles. The van der Waals surface area contributed by atoms with E-state index in [9.17, 15) is 9.59 Å². The summed E-state index contributed by atoms with van der Waals surface area (Å²) >= 11 is 0. The number of unbranched alkanes of at least 4 members (excludes halogenated alkanes) is 2. The van der Waals surface area contributed by atoms with Crippen LogP contribution in [-0.2, 0) is 9.59 Å². The van der Waals surface area contributed by atoms with Gasteiger partial charge < -0.3 is 0 Å². The third kappa shape index (κ3) is 2.62. The van der Waals surface area contributed by atoms with Crippen LogP contribution in [-0.4, -0.2) is 16.8 Å². The Balaban J connectivity index is 1.77. The number of anilines is 1. The molecule has 132 valence electrons. The van der Waals surface area contributed by atoms with Gasteiger partial charge in [-0.15, -0.1) is 0 Å².